The zero-order valence-electron chi connectivity index (χ0n) is 15.4. The van der Waals surface area contributed by atoms with E-state index in [1.807, 2.05) is 25.1 Å². The Balaban J connectivity index is 2.16. The minimum absolute atomic E-state index is 0.138. The summed E-state index contributed by atoms with van der Waals surface area (Å²) in [6.07, 6.45) is 2.68. The van der Waals surface area contributed by atoms with Crippen molar-refractivity contribution in [1.82, 2.24) is 14.8 Å². The fourth-order valence-corrected chi connectivity index (χ4v) is 3.19. The Morgan fingerprint density at radius 2 is 2.00 bits per heavy atom. The first-order valence-corrected chi connectivity index (χ1v) is 8.77. The molecule has 0 spiro atoms. The van der Waals surface area contributed by atoms with Crippen molar-refractivity contribution in [2.24, 2.45) is 0 Å². The van der Waals surface area contributed by atoms with Crippen LogP contribution in [0.25, 0.3) is 5.57 Å². The van der Waals surface area contributed by atoms with E-state index in [1.54, 1.807) is 12.1 Å². The van der Waals surface area contributed by atoms with Crippen molar-refractivity contribution in [3.63, 3.8) is 0 Å². The van der Waals surface area contributed by atoms with Crippen LogP contribution in [0.4, 0.5) is 14.5 Å². The predicted octanol–water partition coefficient (Wildman–Crippen LogP) is 3.88. The first-order chi connectivity index (χ1) is 13.2. The molecule has 1 unspecified atom stereocenters. The van der Waals surface area contributed by atoms with Crippen LogP contribution in [0.3, 0.4) is 0 Å². The standard InChI is InChI=1S/C20H19ClF2N4O/c1-13(16-9-15(26(2)3)5-7-18(16)21)20(28,10-27-12-24-11-25-27)17-6-4-14(22)8-19(17)23/h4-9,11-12,28H,1,10H2,2-3H3. The molecule has 0 fully saturated rings. The summed E-state index contributed by atoms with van der Waals surface area (Å²) in [7, 11) is 3.72. The van der Waals surface area contributed by atoms with Gasteiger partial charge in [0.2, 0.25) is 0 Å². The molecule has 1 N–H and O–H groups in total. The van der Waals surface area contributed by atoms with Gasteiger partial charge in [0.05, 0.1) is 6.54 Å². The highest BCUT2D eigenvalue weighted by molar-refractivity contribution is 6.32. The van der Waals surface area contributed by atoms with Crippen LogP contribution in [0, 0.1) is 11.6 Å². The average molecular weight is 405 g/mol. The molecule has 3 aromatic rings. The number of aromatic nitrogens is 3. The van der Waals surface area contributed by atoms with Crippen molar-refractivity contribution in [1.29, 1.82) is 0 Å². The molecule has 0 aliphatic heterocycles. The van der Waals surface area contributed by atoms with Crippen molar-refractivity contribution in [2.75, 3.05) is 19.0 Å². The second-order valence-corrected chi connectivity index (χ2v) is 7.02. The summed E-state index contributed by atoms with van der Waals surface area (Å²) in [4.78, 5) is 5.71. The van der Waals surface area contributed by atoms with Crippen molar-refractivity contribution in [3.8, 4) is 0 Å². The average Bonchev–Trinajstić information content (AvgIpc) is 3.13. The third-order valence-corrected chi connectivity index (χ3v) is 4.85. The highest BCUT2D eigenvalue weighted by atomic mass is 35.5. The Morgan fingerprint density at radius 3 is 2.61 bits per heavy atom. The minimum atomic E-state index is -1.94. The Hall–Kier alpha value is -2.77. The molecule has 1 atom stereocenters. The monoisotopic (exact) mass is 404 g/mol. The number of hydrogen-bond donors (Lipinski definition) is 1. The van der Waals surface area contributed by atoms with Gasteiger partial charge in [0.15, 0.2) is 0 Å². The van der Waals surface area contributed by atoms with Crippen molar-refractivity contribution >= 4 is 22.9 Å². The summed E-state index contributed by atoms with van der Waals surface area (Å²) < 4.78 is 29.4. The van der Waals surface area contributed by atoms with Gasteiger partial charge in [-0.3, -0.25) is 0 Å². The molecule has 0 saturated carbocycles. The lowest BCUT2D eigenvalue weighted by atomic mass is 9.82. The van der Waals surface area contributed by atoms with Gasteiger partial charge in [0, 0.05) is 42.0 Å². The number of benzene rings is 2. The van der Waals surface area contributed by atoms with E-state index in [2.05, 4.69) is 16.7 Å². The molecule has 2 aromatic carbocycles. The van der Waals surface area contributed by atoms with Crippen molar-refractivity contribution < 1.29 is 13.9 Å². The van der Waals surface area contributed by atoms with E-state index in [-0.39, 0.29) is 17.7 Å². The van der Waals surface area contributed by atoms with Gasteiger partial charge < -0.3 is 10.0 Å². The summed E-state index contributed by atoms with van der Waals surface area (Å²) in [5, 5.41) is 15.9. The molecule has 0 radical (unpaired) electrons. The van der Waals surface area contributed by atoms with E-state index >= 15 is 0 Å². The van der Waals surface area contributed by atoms with Crippen LogP contribution in [0.5, 0.6) is 0 Å². The van der Waals surface area contributed by atoms with Crippen LogP contribution >= 0.6 is 11.6 Å². The summed E-state index contributed by atoms with van der Waals surface area (Å²) in [6, 6.07) is 8.22. The molecular weight excluding hydrogens is 386 g/mol. The SMILES string of the molecule is C=C(c1cc(N(C)C)ccc1Cl)C(O)(Cn1cncn1)c1ccc(F)cc1F. The zero-order chi connectivity index (χ0) is 20.5. The first-order valence-electron chi connectivity index (χ1n) is 8.39. The first kappa shape index (κ1) is 20.0. The highest BCUT2D eigenvalue weighted by Gasteiger charge is 2.38. The molecule has 146 valence electrons. The number of aliphatic hydroxyl groups is 1. The Bertz CT molecular complexity index is 1010. The predicted molar refractivity (Wildman–Crippen MR) is 105 cm³/mol. The third kappa shape index (κ3) is 3.76. The number of halogens is 3. The molecule has 5 nitrogen and oxygen atoms in total. The maximum absolute atomic E-state index is 14.6. The number of rotatable bonds is 6. The highest BCUT2D eigenvalue weighted by Crippen LogP contribution is 2.41. The lowest BCUT2D eigenvalue weighted by Crippen LogP contribution is -2.34. The molecule has 3 rings (SSSR count). The van der Waals surface area contributed by atoms with Gasteiger partial charge in [-0.15, -0.1) is 0 Å². The molecule has 28 heavy (non-hydrogen) atoms. The van der Waals surface area contributed by atoms with E-state index in [0.29, 0.717) is 16.7 Å². The van der Waals surface area contributed by atoms with Crippen LogP contribution in [0.1, 0.15) is 11.1 Å². The zero-order valence-corrected chi connectivity index (χ0v) is 16.2. The number of anilines is 1. The Kier molecular flexibility index (Phi) is 5.49. The second-order valence-electron chi connectivity index (χ2n) is 6.61. The number of nitrogens with zero attached hydrogens (tertiary/aromatic N) is 4. The normalized spacial score (nSPS) is 13.2. The quantitative estimate of drug-likeness (QED) is 0.677. The van der Waals surface area contributed by atoms with Crippen LogP contribution < -0.4 is 4.90 Å². The van der Waals surface area contributed by atoms with Crippen molar-refractivity contribution in [3.05, 3.63) is 83.4 Å². The molecule has 8 heteroatoms. The lowest BCUT2D eigenvalue weighted by molar-refractivity contribution is 0.0726. The molecular formula is C20H19ClF2N4O. The third-order valence-electron chi connectivity index (χ3n) is 4.52. The summed E-state index contributed by atoms with van der Waals surface area (Å²) in [6.45, 7) is 3.82. The minimum Gasteiger partial charge on any atom is -0.378 e. The fourth-order valence-electron chi connectivity index (χ4n) is 2.96. The van der Waals surface area contributed by atoms with E-state index in [4.69, 9.17) is 11.6 Å². The summed E-state index contributed by atoms with van der Waals surface area (Å²) in [5.74, 6) is -1.65. The van der Waals surface area contributed by atoms with Crippen LogP contribution in [-0.4, -0.2) is 34.0 Å². The van der Waals surface area contributed by atoms with Crippen molar-refractivity contribution in [2.45, 2.75) is 12.1 Å². The van der Waals surface area contributed by atoms with Gasteiger partial charge in [-0.2, -0.15) is 5.10 Å². The second kappa shape index (κ2) is 7.69. The van der Waals surface area contributed by atoms with E-state index < -0.39 is 17.2 Å². The topological polar surface area (TPSA) is 54.2 Å². The lowest BCUT2D eigenvalue weighted by Gasteiger charge is -2.32. The fraction of sp³-hybridized carbons (Fsp3) is 0.200. The van der Waals surface area contributed by atoms with E-state index in [1.165, 1.54) is 23.4 Å². The van der Waals surface area contributed by atoms with Gasteiger partial charge in [-0.25, -0.2) is 18.4 Å². The maximum Gasteiger partial charge on any atom is 0.137 e. The van der Waals surface area contributed by atoms with E-state index in [9.17, 15) is 13.9 Å². The van der Waals surface area contributed by atoms with Gasteiger partial charge in [-0.05, 0) is 35.9 Å². The van der Waals surface area contributed by atoms with Gasteiger partial charge in [0.1, 0.15) is 29.9 Å². The number of hydrogen-bond acceptors (Lipinski definition) is 4. The van der Waals surface area contributed by atoms with Gasteiger partial charge in [-0.1, -0.05) is 18.2 Å². The maximum atomic E-state index is 14.6. The van der Waals surface area contributed by atoms with E-state index in [0.717, 1.165) is 11.8 Å². The van der Waals surface area contributed by atoms with Gasteiger partial charge >= 0.3 is 0 Å². The molecule has 1 heterocycles. The smallest absolute Gasteiger partial charge is 0.137 e. The Morgan fingerprint density at radius 1 is 1.25 bits per heavy atom. The molecule has 0 bridgehead atoms. The summed E-state index contributed by atoms with van der Waals surface area (Å²) in [5.41, 5.74) is -0.662. The molecule has 0 saturated heterocycles. The van der Waals surface area contributed by atoms with Gasteiger partial charge in [0.25, 0.3) is 0 Å². The molecule has 1 aromatic heterocycles. The molecule has 0 aliphatic carbocycles. The largest absolute Gasteiger partial charge is 0.378 e. The Labute approximate surface area is 166 Å². The van der Waals surface area contributed by atoms with Crippen LogP contribution in [0.15, 0.2) is 55.6 Å². The van der Waals surface area contributed by atoms with Crippen LogP contribution in [-0.2, 0) is 12.1 Å². The molecule has 0 aliphatic rings. The molecule has 0 amide bonds. The summed E-state index contributed by atoms with van der Waals surface area (Å²) >= 11 is 6.36. The van der Waals surface area contributed by atoms with Crippen LogP contribution in [0.2, 0.25) is 5.02 Å².